The van der Waals surface area contributed by atoms with Crippen LogP contribution < -0.4 is 0 Å². The molecule has 2 aromatic rings. The molecule has 1 amide bonds. The second-order valence-corrected chi connectivity index (χ2v) is 6.96. The molecule has 7 heteroatoms. The van der Waals surface area contributed by atoms with Crippen LogP contribution in [0, 0.1) is 12.8 Å². The lowest BCUT2D eigenvalue weighted by atomic mass is 10.1. The number of hydrogen-bond donors (Lipinski definition) is 0. The van der Waals surface area contributed by atoms with Crippen molar-refractivity contribution >= 4 is 5.91 Å². The van der Waals surface area contributed by atoms with Crippen LogP contribution in [0.4, 0.5) is 0 Å². The summed E-state index contributed by atoms with van der Waals surface area (Å²) in [5, 5.41) is 4.44. The molecule has 0 saturated heterocycles. The van der Waals surface area contributed by atoms with Gasteiger partial charge in [0.15, 0.2) is 0 Å². The topological polar surface area (TPSA) is 73.1 Å². The SMILES string of the molecule is Cc1cnc(C(=O)N2Cc3ccnn3C(CCOCC3CC3)C2)cn1. The zero-order chi connectivity index (χ0) is 17.2. The summed E-state index contributed by atoms with van der Waals surface area (Å²) in [5.41, 5.74) is 2.24. The Morgan fingerprint density at radius 2 is 2.20 bits per heavy atom. The van der Waals surface area contributed by atoms with Crippen LogP contribution in [0.15, 0.2) is 24.7 Å². The van der Waals surface area contributed by atoms with Crippen molar-refractivity contribution in [3.63, 3.8) is 0 Å². The van der Waals surface area contributed by atoms with E-state index >= 15 is 0 Å². The third kappa shape index (κ3) is 3.71. The minimum Gasteiger partial charge on any atom is -0.381 e. The average molecular weight is 341 g/mol. The smallest absolute Gasteiger partial charge is 0.274 e. The molecule has 0 spiro atoms. The number of hydrogen-bond acceptors (Lipinski definition) is 5. The maximum absolute atomic E-state index is 12.8. The van der Waals surface area contributed by atoms with E-state index in [0.717, 1.165) is 30.3 Å². The van der Waals surface area contributed by atoms with Gasteiger partial charge in [-0.1, -0.05) is 0 Å². The van der Waals surface area contributed by atoms with Crippen molar-refractivity contribution in [3.05, 3.63) is 41.7 Å². The van der Waals surface area contributed by atoms with Gasteiger partial charge >= 0.3 is 0 Å². The quantitative estimate of drug-likeness (QED) is 0.751. The summed E-state index contributed by atoms with van der Waals surface area (Å²) in [6.07, 6.45) is 8.43. The van der Waals surface area contributed by atoms with Crippen LogP contribution in [-0.4, -0.2) is 50.3 Å². The van der Waals surface area contributed by atoms with E-state index in [2.05, 4.69) is 15.1 Å². The number of carbonyl (C=O) groups is 1. The fourth-order valence-corrected chi connectivity index (χ4v) is 3.17. The van der Waals surface area contributed by atoms with E-state index in [1.807, 2.05) is 22.6 Å². The minimum absolute atomic E-state index is 0.0798. The van der Waals surface area contributed by atoms with Crippen LogP contribution in [-0.2, 0) is 11.3 Å². The maximum Gasteiger partial charge on any atom is 0.274 e. The zero-order valence-corrected chi connectivity index (χ0v) is 14.5. The maximum atomic E-state index is 12.8. The van der Waals surface area contributed by atoms with Crippen LogP contribution in [0.2, 0.25) is 0 Å². The number of rotatable bonds is 6. The Morgan fingerprint density at radius 3 is 2.96 bits per heavy atom. The Hall–Kier alpha value is -2.28. The van der Waals surface area contributed by atoms with Crippen molar-refractivity contribution in [2.75, 3.05) is 19.8 Å². The predicted molar refractivity (Wildman–Crippen MR) is 90.9 cm³/mol. The molecule has 0 aromatic carbocycles. The molecule has 1 atom stereocenters. The Kier molecular flexibility index (Phi) is 4.48. The van der Waals surface area contributed by atoms with E-state index in [1.165, 1.54) is 12.8 Å². The Bertz CT molecular complexity index is 738. The summed E-state index contributed by atoms with van der Waals surface area (Å²) in [4.78, 5) is 23.0. The number of nitrogens with zero attached hydrogens (tertiary/aromatic N) is 5. The van der Waals surface area contributed by atoms with E-state index in [0.29, 0.717) is 25.4 Å². The average Bonchev–Trinajstić information content (AvgIpc) is 3.33. The Labute approximate surface area is 147 Å². The summed E-state index contributed by atoms with van der Waals surface area (Å²) in [5.74, 6) is 0.689. The highest BCUT2D eigenvalue weighted by Gasteiger charge is 2.30. The molecule has 2 aliphatic rings. The summed E-state index contributed by atoms with van der Waals surface area (Å²) in [6, 6.07) is 2.11. The Morgan fingerprint density at radius 1 is 1.32 bits per heavy atom. The van der Waals surface area contributed by atoms with Crippen molar-refractivity contribution in [1.82, 2.24) is 24.6 Å². The molecule has 1 unspecified atom stereocenters. The second-order valence-electron chi connectivity index (χ2n) is 6.96. The lowest BCUT2D eigenvalue weighted by molar-refractivity contribution is 0.0605. The molecule has 2 aromatic heterocycles. The lowest BCUT2D eigenvalue weighted by Crippen LogP contribution is -2.42. The van der Waals surface area contributed by atoms with Gasteiger partial charge in [-0.3, -0.25) is 14.5 Å². The molecule has 7 nitrogen and oxygen atoms in total. The molecular weight excluding hydrogens is 318 g/mol. The molecule has 25 heavy (non-hydrogen) atoms. The zero-order valence-electron chi connectivity index (χ0n) is 14.5. The minimum atomic E-state index is -0.0798. The van der Waals surface area contributed by atoms with Crippen LogP contribution in [0.1, 0.15) is 47.2 Å². The van der Waals surface area contributed by atoms with E-state index in [4.69, 9.17) is 4.74 Å². The van der Waals surface area contributed by atoms with Gasteiger partial charge in [0.2, 0.25) is 0 Å². The summed E-state index contributed by atoms with van der Waals surface area (Å²) < 4.78 is 7.81. The largest absolute Gasteiger partial charge is 0.381 e. The number of carbonyl (C=O) groups excluding carboxylic acids is 1. The van der Waals surface area contributed by atoms with Gasteiger partial charge in [0.05, 0.1) is 30.2 Å². The Balaban J connectivity index is 1.43. The molecule has 0 bridgehead atoms. The molecular formula is C18H23N5O2. The van der Waals surface area contributed by atoms with E-state index in [-0.39, 0.29) is 11.9 Å². The third-order valence-electron chi connectivity index (χ3n) is 4.82. The monoisotopic (exact) mass is 341 g/mol. The van der Waals surface area contributed by atoms with Crippen LogP contribution in [0.25, 0.3) is 0 Å². The normalized spacial score (nSPS) is 19.7. The van der Waals surface area contributed by atoms with Crippen LogP contribution >= 0.6 is 0 Å². The first kappa shape index (κ1) is 16.2. The van der Waals surface area contributed by atoms with Crippen LogP contribution in [0.5, 0.6) is 0 Å². The first-order valence-corrected chi connectivity index (χ1v) is 8.89. The van der Waals surface area contributed by atoms with Crippen molar-refractivity contribution in [2.24, 2.45) is 5.92 Å². The predicted octanol–water partition coefficient (Wildman–Crippen LogP) is 2.00. The summed E-state index contributed by atoms with van der Waals surface area (Å²) in [6.45, 7) is 4.59. The first-order chi connectivity index (χ1) is 12.2. The first-order valence-electron chi connectivity index (χ1n) is 8.89. The van der Waals surface area contributed by atoms with Gasteiger partial charge in [0.1, 0.15) is 5.69 Å². The van der Waals surface area contributed by atoms with Crippen LogP contribution in [0.3, 0.4) is 0 Å². The van der Waals surface area contributed by atoms with Gasteiger partial charge in [-0.15, -0.1) is 0 Å². The summed E-state index contributed by atoms with van der Waals surface area (Å²) >= 11 is 0. The lowest BCUT2D eigenvalue weighted by Gasteiger charge is -2.33. The van der Waals surface area contributed by atoms with Gasteiger partial charge in [-0.2, -0.15) is 5.10 Å². The van der Waals surface area contributed by atoms with E-state index in [1.54, 1.807) is 18.6 Å². The standard InChI is InChI=1S/C18H23N5O2/c1-13-8-20-17(9-19-13)18(24)22-10-15-4-6-21-23(15)16(11-22)5-7-25-12-14-2-3-14/h4,6,8-9,14,16H,2-3,5,7,10-12H2,1H3. The fourth-order valence-electron chi connectivity index (χ4n) is 3.17. The highest BCUT2D eigenvalue weighted by atomic mass is 16.5. The highest BCUT2D eigenvalue weighted by molar-refractivity contribution is 5.92. The molecule has 1 fully saturated rings. The molecule has 3 heterocycles. The van der Waals surface area contributed by atoms with Gasteiger partial charge in [0, 0.05) is 32.2 Å². The number of aromatic nitrogens is 4. The second kappa shape index (κ2) is 6.92. The molecule has 1 aliphatic heterocycles. The molecule has 4 rings (SSSR count). The molecule has 132 valence electrons. The van der Waals surface area contributed by atoms with Gasteiger partial charge < -0.3 is 9.64 Å². The molecule has 1 saturated carbocycles. The van der Waals surface area contributed by atoms with Gasteiger partial charge in [-0.05, 0) is 38.2 Å². The molecule has 0 radical (unpaired) electrons. The number of fused-ring (bicyclic) bond motifs is 1. The third-order valence-corrected chi connectivity index (χ3v) is 4.82. The van der Waals surface area contributed by atoms with E-state index in [9.17, 15) is 4.79 Å². The van der Waals surface area contributed by atoms with Gasteiger partial charge in [-0.25, -0.2) is 4.98 Å². The number of aryl methyl sites for hydroxylation is 1. The van der Waals surface area contributed by atoms with Gasteiger partial charge in [0.25, 0.3) is 5.91 Å². The van der Waals surface area contributed by atoms with Crippen molar-refractivity contribution in [3.8, 4) is 0 Å². The summed E-state index contributed by atoms with van der Waals surface area (Å²) in [7, 11) is 0. The highest BCUT2D eigenvalue weighted by Crippen LogP contribution is 2.29. The van der Waals surface area contributed by atoms with Crippen molar-refractivity contribution < 1.29 is 9.53 Å². The number of ether oxygens (including phenoxy) is 1. The van der Waals surface area contributed by atoms with Crippen molar-refractivity contribution in [2.45, 2.75) is 38.8 Å². The molecule has 0 N–H and O–H groups in total. The van der Waals surface area contributed by atoms with E-state index < -0.39 is 0 Å². The molecule has 1 aliphatic carbocycles. The van der Waals surface area contributed by atoms with Crippen molar-refractivity contribution in [1.29, 1.82) is 0 Å². The fraction of sp³-hybridized carbons (Fsp3) is 0.556. The number of amides is 1.